The van der Waals surface area contributed by atoms with E-state index < -0.39 is 13.9 Å². The van der Waals surface area contributed by atoms with E-state index in [2.05, 4.69) is 43.4 Å². The number of hydrogen-bond acceptors (Lipinski definition) is 7. The molecule has 270 valence electrons. The van der Waals surface area contributed by atoms with Crippen LogP contribution in [0.1, 0.15) is 136 Å². The van der Waals surface area contributed by atoms with Crippen molar-refractivity contribution in [2.45, 2.75) is 142 Å². The second-order valence-electron chi connectivity index (χ2n) is 13.2. The van der Waals surface area contributed by atoms with E-state index in [0.717, 1.165) is 38.5 Å². The van der Waals surface area contributed by atoms with Gasteiger partial charge in [0.25, 0.3) is 7.82 Å². The van der Waals surface area contributed by atoms with E-state index in [1.807, 2.05) is 28.1 Å². The molecule has 2 atom stereocenters. The van der Waals surface area contributed by atoms with Crippen molar-refractivity contribution in [3.05, 3.63) is 36.5 Å². The van der Waals surface area contributed by atoms with Gasteiger partial charge in [-0.05, 0) is 51.4 Å². The van der Waals surface area contributed by atoms with E-state index in [1.165, 1.54) is 70.6 Å². The van der Waals surface area contributed by atoms with Crippen LogP contribution in [0.3, 0.4) is 0 Å². The van der Waals surface area contributed by atoms with E-state index in [0.29, 0.717) is 24.1 Å². The minimum atomic E-state index is -4.50. The van der Waals surface area contributed by atoms with Gasteiger partial charge in [0.05, 0.1) is 34.4 Å². The van der Waals surface area contributed by atoms with Crippen LogP contribution in [-0.2, 0) is 27.9 Å². The van der Waals surface area contributed by atoms with Gasteiger partial charge in [0.15, 0.2) is 0 Å². The van der Waals surface area contributed by atoms with Crippen molar-refractivity contribution in [1.29, 1.82) is 0 Å². The Balaban J connectivity index is 3.92. The summed E-state index contributed by atoms with van der Waals surface area (Å²) >= 11 is 0. The quantitative estimate of drug-likeness (QED) is 0.0226. The van der Waals surface area contributed by atoms with E-state index in [4.69, 9.17) is 18.5 Å². The zero-order valence-electron chi connectivity index (χ0n) is 30.3. The smallest absolute Gasteiger partial charge is 0.306 e. The van der Waals surface area contributed by atoms with Gasteiger partial charge in [-0.1, -0.05) is 115 Å². The van der Waals surface area contributed by atoms with Gasteiger partial charge in [0.2, 0.25) is 0 Å². The molecular weight excluding hydrogens is 601 g/mol. The van der Waals surface area contributed by atoms with Crippen LogP contribution in [0.2, 0.25) is 0 Å². The van der Waals surface area contributed by atoms with Crippen molar-refractivity contribution < 1.29 is 37.3 Å². The van der Waals surface area contributed by atoms with Gasteiger partial charge >= 0.3 is 5.97 Å². The SMILES string of the molecule is CCCCCCC/C=C\C/C=C\C/C=C\CCCCCCCCCOCC(COP(=O)([O-])OCC[N+](C)(C)C)OC(=O)CCCC. The Morgan fingerprint density at radius 1 is 0.674 bits per heavy atom. The Morgan fingerprint density at radius 2 is 1.20 bits per heavy atom. The summed E-state index contributed by atoms with van der Waals surface area (Å²) in [7, 11) is 1.34. The summed E-state index contributed by atoms with van der Waals surface area (Å²) in [6, 6.07) is 0. The summed E-state index contributed by atoms with van der Waals surface area (Å²) in [5.74, 6) is -0.375. The van der Waals surface area contributed by atoms with E-state index >= 15 is 0 Å². The van der Waals surface area contributed by atoms with Gasteiger partial charge < -0.3 is 27.9 Å². The lowest BCUT2D eigenvalue weighted by molar-refractivity contribution is -0.870. The predicted octanol–water partition coefficient (Wildman–Crippen LogP) is 9.24. The second kappa shape index (κ2) is 31.0. The fraction of sp³-hybridized carbons (Fsp3) is 0.811. The van der Waals surface area contributed by atoms with Crippen LogP contribution in [0.25, 0.3) is 0 Å². The summed E-state index contributed by atoms with van der Waals surface area (Å²) in [6.07, 6.45) is 34.1. The van der Waals surface area contributed by atoms with Crippen molar-refractivity contribution >= 4 is 13.8 Å². The fourth-order valence-electron chi connectivity index (χ4n) is 4.53. The minimum absolute atomic E-state index is 0.0222. The molecular formula is C37H70NO7P. The topological polar surface area (TPSA) is 94.1 Å². The maximum atomic E-state index is 12.1. The number of allylic oxidation sites excluding steroid dienone is 6. The Morgan fingerprint density at radius 3 is 1.76 bits per heavy atom. The van der Waals surface area contributed by atoms with Crippen molar-refractivity contribution in [2.24, 2.45) is 0 Å². The van der Waals surface area contributed by atoms with Gasteiger partial charge in [-0.2, -0.15) is 0 Å². The third kappa shape index (κ3) is 34.1. The van der Waals surface area contributed by atoms with E-state index in [1.54, 1.807) is 0 Å². The molecule has 0 aliphatic rings. The molecule has 0 saturated heterocycles. The highest BCUT2D eigenvalue weighted by molar-refractivity contribution is 7.45. The third-order valence-corrected chi connectivity index (χ3v) is 8.41. The molecule has 0 aromatic carbocycles. The molecule has 0 aromatic heterocycles. The maximum absolute atomic E-state index is 12.1. The number of phosphoric ester groups is 1. The third-order valence-electron chi connectivity index (χ3n) is 7.44. The maximum Gasteiger partial charge on any atom is 0.306 e. The molecule has 0 aromatic rings. The normalized spacial score (nSPS) is 14.5. The standard InChI is InChI=1S/C37H70NO7P/c1-6-8-10-11-12-13-14-15-16-17-18-19-20-21-22-23-24-25-26-27-28-29-32-42-34-36(45-37(39)30-9-7-2)35-44-46(40,41)43-33-31-38(3,4)5/h14-15,17-18,20-21,36H,6-13,16,19,22-35H2,1-5H3/b15-14-,18-17-,21-20-. The van der Waals surface area contributed by atoms with Crippen molar-refractivity contribution in [2.75, 3.05) is 54.1 Å². The Hall–Kier alpha value is -1.28. The molecule has 8 nitrogen and oxygen atoms in total. The van der Waals surface area contributed by atoms with Gasteiger partial charge in [0.1, 0.15) is 19.3 Å². The van der Waals surface area contributed by atoms with Crippen LogP contribution in [-0.4, -0.2) is 70.7 Å². The zero-order chi connectivity index (χ0) is 34.2. The molecule has 0 saturated carbocycles. The molecule has 2 unspecified atom stereocenters. The summed E-state index contributed by atoms with van der Waals surface area (Å²) < 4.78 is 33.9. The molecule has 9 heteroatoms. The summed E-state index contributed by atoms with van der Waals surface area (Å²) in [6.45, 7) is 5.10. The van der Waals surface area contributed by atoms with Crippen molar-refractivity contribution in [1.82, 2.24) is 0 Å². The Labute approximate surface area is 283 Å². The molecule has 46 heavy (non-hydrogen) atoms. The molecule has 0 aliphatic carbocycles. The van der Waals surface area contributed by atoms with Crippen LogP contribution >= 0.6 is 7.82 Å². The number of ether oxygens (including phenoxy) is 2. The highest BCUT2D eigenvalue weighted by Gasteiger charge is 2.20. The predicted molar refractivity (Wildman–Crippen MR) is 190 cm³/mol. The zero-order valence-corrected chi connectivity index (χ0v) is 31.2. The number of esters is 1. The first-order valence-electron chi connectivity index (χ1n) is 18.2. The van der Waals surface area contributed by atoms with Crippen LogP contribution in [0.5, 0.6) is 0 Å². The first-order chi connectivity index (χ1) is 22.1. The number of hydrogen-bond donors (Lipinski definition) is 0. The monoisotopic (exact) mass is 671 g/mol. The Bertz CT molecular complexity index is 838. The number of phosphoric acid groups is 1. The Kier molecular flexibility index (Phi) is 30.2. The summed E-state index contributed by atoms with van der Waals surface area (Å²) in [5.41, 5.74) is 0. The summed E-state index contributed by atoms with van der Waals surface area (Å²) in [5, 5.41) is 0. The molecule has 0 spiro atoms. The minimum Gasteiger partial charge on any atom is -0.756 e. The second-order valence-corrected chi connectivity index (χ2v) is 14.6. The average molecular weight is 672 g/mol. The van der Waals surface area contributed by atoms with Gasteiger partial charge in [-0.25, -0.2) is 0 Å². The molecule has 0 N–H and O–H groups in total. The summed E-state index contributed by atoms with van der Waals surface area (Å²) in [4.78, 5) is 24.3. The lowest BCUT2D eigenvalue weighted by Crippen LogP contribution is -2.37. The number of rotatable bonds is 33. The number of likely N-dealkylation sites (N-methyl/N-ethyl adjacent to an activating group) is 1. The largest absolute Gasteiger partial charge is 0.756 e. The van der Waals surface area contributed by atoms with Crippen LogP contribution < -0.4 is 4.89 Å². The number of nitrogens with zero attached hydrogens (tertiary/aromatic N) is 1. The van der Waals surface area contributed by atoms with Crippen molar-refractivity contribution in [3.63, 3.8) is 0 Å². The van der Waals surface area contributed by atoms with Crippen molar-refractivity contribution in [3.8, 4) is 0 Å². The number of carbonyl (C=O) groups excluding carboxylic acids is 1. The molecule has 0 bridgehead atoms. The van der Waals surface area contributed by atoms with Gasteiger partial charge in [-0.3, -0.25) is 9.36 Å². The highest BCUT2D eigenvalue weighted by Crippen LogP contribution is 2.38. The fourth-order valence-corrected chi connectivity index (χ4v) is 5.26. The molecule has 0 amide bonds. The number of unbranched alkanes of at least 4 members (excludes halogenated alkanes) is 13. The average Bonchev–Trinajstić information content (AvgIpc) is 3.00. The molecule has 0 rings (SSSR count). The lowest BCUT2D eigenvalue weighted by atomic mass is 10.1. The van der Waals surface area contributed by atoms with E-state index in [-0.39, 0.29) is 32.2 Å². The highest BCUT2D eigenvalue weighted by atomic mass is 31.2. The first-order valence-corrected chi connectivity index (χ1v) is 19.7. The number of carbonyl (C=O) groups is 1. The van der Waals surface area contributed by atoms with Gasteiger partial charge in [0, 0.05) is 13.0 Å². The molecule has 0 fully saturated rings. The first kappa shape index (κ1) is 44.7. The molecule has 0 radical (unpaired) electrons. The van der Waals surface area contributed by atoms with Gasteiger partial charge in [-0.15, -0.1) is 0 Å². The molecule has 0 aliphatic heterocycles. The molecule has 0 heterocycles. The number of quaternary nitrogens is 1. The van der Waals surface area contributed by atoms with Crippen LogP contribution in [0, 0.1) is 0 Å². The van der Waals surface area contributed by atoms with Crippen LogP contribution in [0.4, 0.5) is 0 Å². The van der Waals surface area contributed by atoms with Crippen LogP contribution in [0.15, 0.2) is 36.5 Å². The van der Waals surface area contributed by atoms with E-state index in [9.17, 15) is 14.3 Å². The lowest BCUT2D eigenvalue weighted by Gasteiger charge is -2.28.